The Balaban J connectivity index is 3.93. The van der Waals surface area contributed by atoms with Crippen molar-refractivity contribution < 1.29 is 23.7 Å². The number of carbonyl (C=O) groups is 1. The zero-order valence-electron chi connectivity index (χ0n) is 5.02. The van der Waals surface area contributed by atoms with Crippen LogP contribution in [0.3, 0.4) is 0 Å². The fourth-order valence-electron chi connectivity index (χ4n) is 0.195. The van der Waals surface area contributed by atoms with Crippen molar-refractivity contribution in [3.8, 4) is 0 Å². The number of phosphoric ester groups is 1. The van der Waals surface area contributed by atoms with E-state index < -0.39 is 18.6 Å². The lowest BCUT2D eigenvalue weighted by atomic mass is 10.5. The van der Waals surface area contributed by atoms with Gasteiger partial charge >= 0.3 is 7.82 Å². The Kier molecular flexibility index (Phi) is 3.69. The lowest BCUT2D eigenvalue weighted by Gasteiger charge is -2.07. The molecule has 5 nitrogen and oxygen atoms in total. The first kappa shape index (κ1) is 10.3. The Morgan fingerprint density at radius 2 is 2.10 bits per heavy atom. The van der Waals surface area contributed by atoms with Crippen LogP contribution in [0.15, 0.2) is 0 Å². The average molecular weight is 233 g/mol. The van der Waals surface area contributed by atoms with Gasteiger partial charge in [0.15, 0.2) is 10.8 Å². The normalized spacial score (nSPS) is 14.8. The topological polar surface area (TPSA) is 83.8 Å². The minimum absolute atomic E-state index is 0.497. The molecule has 0 aliphatic rings. The average Bonchev–Trinajstić information content (AvgIpc) is 1.60. The van der Waals surface area contributed by atoms with Gasteiger partial charge in [0, 0.05) is 0 Å². The summed E-state index contributed by atoms with van der Waals surface area (Å²) < 4.78 is 14.0. The van der Waals surface area contributed by atoms with Gasteiger partial charge < -0.3 is 9.79 Å². The van der Waals surface area contributed by atoms with E-state index in [1.165, 1.54) is 0 Å². The van der Waals surface area contributed by atoms with E-state index in [9.17, 15) is 9.36 Å². The number of halogens is 1. The molecule has 0 spiro atoms. The Labute approximate surface area is 65.7 Å². The molecule has 0 aromatic carbocycles. The molecule has 0 aromatic heterocycles. The van der Waals surface area contributed by atoms with Crippen LogP contribution in [0.1, 0.15) is 6.92 Å². The van der Waals surface area contributed by atoms with Gasteiger partial charge in [-0.2, -0.15) is 0 Å². The maximum absolute atomic E-state index is 10.3. The first-order chi connectivity index (χ1) is 4.33. The van der Waals surface area contributed by atoms with Crippen molar-refractivity contribution in [3.63, 3.8) is 0 Å². The molecular weight excluding hydrogens is 227 g/mol. The third-order valence-corrected chi connectivity index (χ3v) is 2.16. The molecule has 0 amide bonds. The van der Waals surface area contributed by atoms with Crippen molar-refractivity contribution in [1.82, 2.24) is 0 Å². The van der Waals surface area contributed by atoms with E-state index in [0.29, 0.717) is 0 Å². The van der Waals surface area contributed by atoms with Gasteiger partial charge in [0.05, 0.1) is 0 Å². The van der Waals surface area contributed by atoms with Crippen molar-refractivity contribution in [1.29, 1.82) is 0 Å². The van der Waals surface area contributed by atoms with Crippen molar-refractivity contribution in [2.75, 3.05) is 0 Å². The summed E-state index contributed by atoms with van der Waals surface area (Å²) in [6, 6.07) is 0. The van der Waals surface area contributed by atoms with E-state index in [0.717, 1.165) is 6.92 Å². The molecule has 0 heterocycles. The summed E-state index contributed by atoms with van der Waals surface area (Å²) in [5, 5.41) is -1.23. The second-order valence-electron chi connectivity index (χ2n) is 1.52. The zero-order valence-corrected chi connectivity index (χ0v) is 7.50. The summed E-state index contributed by atoms with van der Waals surface area (Å²) in [5.41, 5.74) is 0. The Bertz CT molecular complexity index is 174. The van der Waals surface area contributed by atoms with Crippen LogP contribution in [-0.4, -0.2) is 20.6 Å². The lowest BCUT2D eigenvalue weighted by Crippen LogP contribution is -2.11. The van der Waals surface area contributed by atoms with E-state index in [2.05, 4.69) is 20.5 Å². The standard InChI is InChI=1S/C3H6BrO5P/c1-2(5)3(4)9-10(6,7)8/h3H,1H3,(H2,6,7,8). The van der Waals surface area contributed by atoms with Crippen LogP contribution in [0, 0.1) is 0 Å². The molecule has 0 aliphatic carbocycles. The molecule has 0 fully saturated rings. The van der Waals surface area contributed by atoms with Crippen molar-refractivity contribution in [3.05, 3.63) is 0 Å². The smallest absolute Gasteiger partial charge is 0.303 e. The first-order valence-corrected chi connectivity index (χ1v) is 4.66. The molecule has 0 aromatic rings. The molecule has 1 atom stereocenters. The summed E-state index contributed by atoms with van der Waals surface area (Å²) in [4.78, 5) is 26.6. The monoisotopic (exact) mass is 232 g/mol. The fraction of sp³-hybridized carbons (Fsp3) is 0.667. The maximum atomic E-state index is 10.3. The van der Waals surface area contributed by atoms with Crippen LogP contribution >= 0.6 is 23.8 Å². The molecule has 0 bridgehead atoms. The molecule has 1 unspecified atom stereocenters. The van der Waals surface area contributed by atoms with Crippen molar-refractivity contribution >= 4 is 29.5 Å². The third kappa shape index (κ3) is 5.08. The molecule has 2 N–H and O–H groups in total. The van der Waals surface area contributed by atoms with Crippen LogP contribution in [0.5, 0.6) is 0 Å². The summed E-state index contributed by atoms with van der Waals surface area (Å²) in [6.45, 7) is 1.15. The van der Waals surface area contributed by atoms with Crippen LogP contribution in [0.4, 0.5) is 0 Å². The minimum Gasteiger partial charge on any atom is -0.303 e. The minimum atomic E-state index is -4.54. The van der Waals surface area contributed by atoms with Crippen LogP contribution in [0.25, 0.3) is 0 Å². The molecule has 7 heteroatoms. The number of alkyl halides is 1. The van der Waals surface area contributed by atoms with E-state index in [1.807, 2.05) is 0 Å². The van der Waals surface area contributed by atoms with E-state index in [-0.39, 0.29) is 0 Å². The molecule has 0 saturated heterocycles. The number of hydrogen-bond acceptors (Lipinski definition) is 3. The highest BCUT2D eigenvalue weighted by Gasteiger charge is 2.22. The SMILES string of the molecule is CC(=O)C(Br)OP(=O)(O)O. The maximum Gasteiger partial charge on any atom is 0.471 e. The molecule has 0 saturated carbocycles. The number of phosphoric acid groups is 1. The number of Topliss-reactive ketones (excluding diaryl/α,β-unsaturated/α-hetero) is 1. The fourth-order valence-corrected chi connectivity index (χ4v) is 1.24. The highest BCUT2D eigenvalue weighted by Crippen LogP contribution is 2.38. The van der Waals surface area contributed by atoms with Crippen molar-refractivity contribution in [2.45, 2.75) is 11.9 Å². The van der Waals surface area contributed by atoms with E-state index >= 15 is 0 Å². The first-order valence-electron chi connectivity index (χ1n) is 2.21. The molecule has 0 aliphatic heterocycles. The van der Waals surface area contributed by atoms with Gasteiger partial charge in [-0.05, 0) is 22.9 Å². The molecule has 10 heavy (non-hydrogen) atoms. The predicted molar refractivity (Wildman–Crippen MR) is 36.5 cm³/mol. The third-order valence-electron chi connectivity index (χ3n) is 0.549. The Morgan fingerprint density at radius 1 is 1.70 bits per heavy atom. The Hall–Kier alpha value is 0.260. The number of rotatable bonds is 3. The van der Waals surface area contributed by atoms with Gasteiger partial charge in [0.1, 0.15) is 0 Å². The molecular formula is C3H6BrO5P. The van der Waals surface area contributed by atoms with Gasteiger partial charge in [0.25, 0.3) is 0 Å². The summed E-state index contributed by atoms with van der Waals surface area (Å²) in [6.07, 6.45) is 0. The van der Waals surface area contributed by atoms with E-state index in [4.69, 9.17) is 9.79 Å². The molecule has 60 valence electrons. The number of hydrogen-bond donors (Lipinski definition) is 2. The highest BCUT2D eigenvalue weighted by molar-refractivity contribution is 9.09. The summed E-state index contributed by atoms with van der Waals surface area (Å²) in [7, 11) is -4.54. The highest BCUT2D eigenvalue weighted by atomic mass is 79.9. The van der Waals surface area contributed by atoms with Crippen LogP contribution in [0.2, 0.25) is 0 Å². The molecule has 0 rings (SSSR count). The molecule has 0 radical (unpaired) electrons. The second-order valence-corrected chi connectivity index (χ2v) is 3.55. The Morgan fingerprint density at radius 3 is 2.20 bits per heavy atom. The predicted octanol–water partition coefficient (Wildman–Crippen LogP) is 0.406. The quantitative estimate of drug-likeness (QED) is 0.544. The van der Waals surface area contributed by atoms with Crippen molar-refractivity contribution in [2.24, 2.45) is 0 Å². The van der Waals surface area contributed by atoms with Gasteiger partial charge in [-0.3, -0.25) is 9.32 Å². The zero-order chi connectivity index (χ0) is 8.36. The van der Waals surface area contributed by atoms with Gasteiger partial charge in [-0.15, -0.1) is 0 Å². The summed E-state index contributed by atoms with van der Waals surface area (Å²) in [5.74, 6) is -0.497. The largest absolute Gasteiger partial charge is 0.471 e. The number of carbonyl (C=O) groups excluding carboxylic acids is 1. The van der Waals surface area contributed by atoms with Gasteiger partial charge in [-0.1, -0.05) is 0 Å². The van der Waals surface area contributed by atoms with Crippen LogP contribution in [-0.2, 0) is 13.9 Å². The summed E-state index contributed by atoms with van der Waals surface area (Å²) >= 11 is 2.61. The number of ketones is 1. The lowest BCUT2D eigenvalue weighted by molar-refractivity contribution is -0.120. The van der Waals surface area contributed by atoms with E-state index in [1.54, 1.807) is 0 Å². The van der Waals surface area contributed by atoms with Crippen LogP contribution < -0.4 is 0 Å². The van der Waals surface area contributed by atoms with Gasteiger partial charge in [0.2, 0.25) is 0 Å². The van der Waals surface area contributed by atoms with Gasteiger partial charge in [-0.25, -0.2) is 4.57 Å². The second kappa shape index (κ2) is 3.59.